The molecular weight excluding hydrogens is 384 g/mol. The number of allylic oxidation sites excluding steroid dienone is 1. The summed E-state index contributed by atoms with van der Waals surface area (Å²) in [6.07, 6.45) is 0.851. The first-order valence-electron chi connectivity index (χ1n) is 9.53. The van der Waals surface area contributed by atoms with E-state index in [1.807, 2.05) is 13.0 Å². The maximum Gasteiger partial charge on any atom is 0.344 e. The first kappa shape index (κ1) is 19.4. The molecule has 7 heteroatoms. The molecule has 3 aromatic rings. The van der Waals surface area contributed by atoms with Crippen molar-refractivity contribution in [2.75, 3.05) is 13.7 Å². The zero-order chi connectivity index (χ0) is 21.3. The Hall–Kier alpha value is -3.92. The van der Waals surface area contributed by atoms with Crippen molar-refractivity contribution in [1.29, 1.82) is 5.26 Å². The molecule has 2 heterocycles. The third-order valence-corrected chi connectivity index (χ3v) is 4.96. The second kappa shape index (κ2) is 7.84. The summed E-state index contributed by atoms with van der Waals surface area (Å²) in [5.74, 6) is 0.574. The molecule has 1 unspecified atom stereocenters. The highest BCUT2D eigenvalue weighted by molar-refractivity contribution is 5.86. The van der Waals surface area contributed by atoms with Crippen LogP contribution in [-0.2, 0) is 0 Å². The van der Waals surface area contributed by atoms with Gasteiger partial charge in [0.1, 0.15) is 17.2 Å². The van der Waals surface area contributed by atoms with Crippen molar-refractivity contribution in [2.45, 2.75) is 19.3 Å². The van der Waals surface area contributed by atoms with Crippen LogP contribution in [0.5, 0.6) is 17.2 Å². The molecule has 1 atom stereocenters. The highest BCUT2D eigenvalue weighted by Gasteiger charge is 2.35. The van der Waals surface area contributed by atoms with E-state index in [0.29, 0.717) is 40.4 Å². The Morgan fingerprint density at radius 3 is 2.73 bits per heavy atom. The monoisotopic (exact) mass is 404 g/mol. The van der Waals surface area contributed by atoms with Gasteiger partial charge in [0.2, 0.25) is 5.88 Å². The maximum atomic E-state index is 12.9. The average molecular weight is 404 g/mol. The Morgan fingerprint density at radius 1 is 1.20 bits per heavy atom. The normalized spacial score (nSPS) is 15.3. The molecule has 0 spiro atoms. The van der Waals surface area contributed by atoms with Crippen LogP contribution in [0, 0.1) is 11.3 Å². The average Bonchev–Trinajstić information content (AvgIpc) is 2.76. The van der Waals surface area contributed by atoms with Crippen LogP contribution >= 0.6 is 0 Å². The SMILES string of the molecule is CCCOc1ccc(C2C(C#N)=C(N)Oc3c2c(=O)oc2ccccc32)cc1OC. The number of para-hydroxylation sites is 1. The fraction of sp³-hybridized carbons (Fsp3) is 0.217. The molecule has 0 saturated carbocycles. The summed E-state index contributed by atoms with van der Waals surface area (Å²) in [6, 6.07) is 14.4. The lowest BCUT2D eigenvalue weighted by molar-refractivity contribution is 0.294. The number of methoxy groups -OCH3 is 1. The second-order valence-electron chi connectivity index (χ2n) is 6.81. The van der Waals surface area contributed by atoms with Gasteiger partial charge in [-0.05, 0) is 36.2 Å². The number of benzene rings is 2. The molecule has 0 radical (unpaired) electrons. The predicted molar refractivity (Wildman–Crippen MR) is 111 cm³/mol. The smallest absolute Gasteiger partial charge is 0.344 e. The van der Waals surface area contributed by atoms with Crippen molar-refractivity contribution in [3.05, 3.63) is 75.5 Å². The van der Waals surface area contributed by atoms with Crippen molar-refractivity contribution in [3.8, 4) is 23.3 Å². The van der Waals surface area contributed by atoms with E-state index in [2.05, 4.69) is 6.07 Å². The van der Waals surface area contributed by atoms with Gasteiger partial charge in [0.15, 0.2) is 17.2 Å². The van der Waals surface area contributed by atoms with E-state index in [1.54, 1.807) is 36.4 Å². The summed E-state index contributed by atoms with van der Waals surface area (Å²) in [6.45, 7) is 2.55. The van der Waals surface area contributed by atoms with Crippen molar-refractivity contribution in [3.63, 3.8) is 0 Å². The topological polar surface area (TPSA) is 108 Å². The van der Waals surface area contributed by atoms with Crippen molar-refractivity contribution in [2.24, 2.45) is 5.73 Å². The Kier molecular flexibility index (Phi) is 5.07. The van der Waals surface area contributed by atoms with Crippen molar-refractivity contribution >= 4 is 11.0 Å². The van der Waals surface area contributed by atoms with Gasteiger partial charge in [0.25, 0.3) is 0 Å². The number of hydrogen-bond acceptors (Lipinski definition) is 7. The lowest BCUT2D eigenvalue weighted by Crippen LogP contribution is -2.26. The molecule has 1 aliphatic heterocycles. The molecule has 2 aromatic carbocycles. The van der Waals surface area contributed by atoms with Gasteiger partial charge in [-0.15, -0.1) is 0 Å². The maximum absolute atomic E-state index is 12.9. The van der Waals surface area contributed by atoms with Gasteiger partial charge in [-0.3, -0.25) is 0 Å². The quantitative estimate of drug-likeness (QED) is 0.644. The highest BCUT2D eigenvalue weighted by Crippen LogP contribution is 2.44. The summed E-state index contributed by atoms with van der Waals surface area (Å²) >= 11 is 0. The molecule has 30 heavy (non-hydrogen) atoms. The van der Waals surface area contributed by atoms with Gasteiger partial charge >= 0.3 is 5.63 Å². The van der Waals surface area contributed by atoms with Gasteiger partial charge in [0, 0.05) is 0 Å². The molecule has 2 N–H and O–H groups in total. The molecule has 4 rings (SSSR count). The van der Waals surface area contributed by atoms with Crippen LogP contribution in [0.2, 0.25) is 0 Å². The molecule has 0 amide bonds. The largest absolute Gasteiger partial charge is 0.493 e. The van der Waals surface area contributed by atoms with E-state index in [0.717, 1.165) is 6.42 Å². The molecule has 0 saturated heterocycles. The van der Waals surface area contributed by atoms with E-state index in [-0.39, 0.29) is 17.0 Å². The Labute approximate surface area is 172 Å². The summed E-state index contributed by atoms with van der Waals surface area (Å²) in [5, 5.41) is 10.4. The number of fused-ring (bicyclic) bond motifs is 3. The zero-order valence-electron chi connectivity index (χ0n) is 16.6. The second-order valence-corrected chi connectivity index (χ2v) is 6.81. The van der Waals surface area contributed by atoms with Gasteiger partial charge in [0.05, 0.1) is 30.6 Å². The number of nitrogens with two attached hydrogens (primary N) is 1. The minimum absolute atomic E-state index is 0.0453. The highest BCUT2D eigenvalue weighted by atomic mass is 16.5. The first-order chi connectivity index (χ1) is 14.6. The Bertz CT molecular complexity index is 1250. The Morgan fingerprint density at radius 2 is 2.00 bits per heavy atom. The molecule has 0 aliphatic carbocycles. The fourth-order valence-electron chi connectivity index (χ4n) is 3.59. The van der Waals surface area contributed by atoms with E-state index >= 15 is 0 Å². The number of ether oxygens (including phenoxy) is 3. The number of nitriles is 1. The van der Waals surface area contributed by atoms with Crippen molar-refractivity contribution < 1.29 is 18.6 Å². The summed E-state index contributed by atoms with van der Waals surface area (Å²) in [5.41, 5.74) is 6.89. The molecule has 152 valence electrons. The summed E-state index contributed by atoms with van der Waals surface area (Å²) < 4.78 is 22.4. The minimum Gasteiger partial charge on any atom is -0.493 e. The van der Waals surface area contributed by atoms with E-state index in [9.17, 15) is 10.1 Å². The summed E-state index contributed by atoms with van der Waals surface area (Å²) in [7, 11) is 1.53. The first-order valence-corrected chi connectivity index (χ1v) is 9.53. The molecule has 1 aromatic heterocycles. The van der Waals surface area contributed by atoms with E-state index in [4.69, 9.17) is 24.4 Å². The lowest BCUT2D eigenvalue weighted by Gasteiger charge is -2.26. The molecule has 7 nitrogen and oxygen atoms in total. The summed E-state index contributed by atoms with van der Waals surface area (Å²) in [4.78, 5) is 12.9. The molecule has 1 aliphatic rings. The molecule has 0 bridgehead atoms. The third-order valence-electron chi connectivity index (χ3n) is 4.96. The van der Waals surface area contributed by atoms with E-state index in [1.165, 1.54) is 7.11 Å². The van der Waals surface area contributed by atoms with Crippen molar-refractivity contribution in [1.82, 2.24) is 0 Å². The Balaban J connectivity index is 1.95. The number of rotatable bonds is 5. The van der Waals surface area contributed by atoms with Gasteiger partial charge in [-0.25, -0.2) is 4.79 Å². The van der Waals surface area contributed by atoms with Crippen LogP contribution in [0.3, 0.4) is 0 Å². The van der Waals surface area contributed by atoms with Crippen LogP contribution in [0.15, 0.2) is 63.1 Å². The van der Waals surface area contributed by atoms with Gasteiger partial charge in [-0.1, -0.05) is 25.1 Å². The van der Waals surface area contributed by atoms with Crippen LogP contribution in [0.4, 0.5) is 0 Å². The van der Waals surface area contributed by atoms with Gasteiger partial charge < -0.3 is 24.4 Å². The van der Waals surface area contributed by atoms with Crippen LogP contribution in [0.25, 0.3) is 11.0 Å². The van der Waals surface area contributed by atoms with Gasteiger partial charge in [-0.2, -0.15) is 5.26 Å². The number of hydrogen-bond donors (Lipinski definition) is 1. The fourth-order valence-corrected chi connectivity index (χ4v) is 3.59. The van der Waals surface area contributed by atoms with E-state index < -0.39 is 11.5 Å². The molecular formula is C23H20N2O5. The van der Waals surface area contributed by atoms with Crippen LogP contribution < -0.4 is 25.6 Å². The standard InChI is InChI=1S/C23H20N2O5/c1-3-10-28-17-9-8-13(11-18(17)27-2)19-15(12-24)22(25)30-21-14-6-4-5-7-16(14)29-23(26)20(19)21/h4-9,11,19H,3,10,25H2,1-2H3. The lowest BCUT2D eigenvalue weighted by atomic mass is 9.83. The molecule has 0 fully saturated rings. The zero-order valence-corrected chi connectivity index (χ0v) is 16.6. The minimum atomic E-state index is -0.756. The van der Waals surface area contributed by atoms with Crippen LogP contribution in [-0.4, -0.2) is 13.7 Å². The van der Waals surface area contributed by atoms with Crippen LogP contribution in [0.1, 0.15) is 30.4 Å². The predicted octanol–water partition coefficient (Wildman–Crippen LogP) is 3.81. The third kappa shape index (κ3) is 3.12. The number of nitrogens with zero attached hydrogens (tertiary/aromatic N) is 1.